The first kappa shape index (κ1) is 37.0. The molecule has 3 atom stereocenters. The van der Waals surface area contributed by atoms with Crippen molar-refractivity contribution in [1.29, 1.82) is 0 Å². The standard InChI is InChI=1S/C29H51N5O7Si/c1-20(2)26(28(39)31-21(3)27(38)32-22(29(40)41)12-9-10-16-30)34(18-19-42(4,5)6)23(35)13-8-7-11-17-33-24(36)14-15-25(33)37/h14-15,20-22,26H,7-13,16-19,30H2,1-6H3,(H,31,39)(H,32,38)(H,40,41)/t21-,22-,26-/m0/s1. The number of carbonyl (C=O) groups is 6. The molecule has 0 fully saturated rings. The van der Waals surface area contributed by atoms with Gasteiger partial charge in [-0.15, -0.1) is 0 Å². The highest BCUT2D eigenvalue weighted by Gasteiger charge is 2.35. The van der Waals surface area contributed by atoms with E-state index >= 15 is 0 Å². The Morgan fingerprint density at radius 2 is 1.55 bits per heavy atom. The average molecular weight is 610 g/mol. The molecule has 12 nitrogen and oxygen atoms in total. The summed E-state index contributed by atoms with van der Waals surface area (Å²) in [7, 11) is -1.58. The number of nitrogens with one attached hydrogen (secondary N) is 2. The van der Waals surface area contributed by atoms with Gasteiger partial charge in [0.2, 0.25) is 17.7 Å². The zero-order chi connectivity index (χ0) is 32.0. The Balaban J connectivity index is 2.87. The number of hydrogen-bond acceptors (Lipinski definition) is 7. The molecule has 0 aromatic heterocycles. The number of nitrogens with two attached hydrogens (primary N) is 1. The molecule has 0 spiro atoms. The molecular weight excluding hydrogens is 558 g/mol. The molecule has 0 aromatic rings. The molecule has 1 rings (SSSR count). The minimum atomic E-state index is -1.58. The van der Waals surface area contributed by atoms with Crippen LogP contribution < -0.4 is 16.4 Å². The largest absolute Gasteiger partial charge is 0.480 e. The summed E-state index contributed by atoms with van der Waals surface area (Å²) in [4.78, 5) is 77.6. The second kappa shape index (κ2) is 17.8. The molecule has 5 N–H and O–H groups in total. The molecule has 0 unspecified atom stereocenters. The van der Waals surface area contributed by atoms with Crippen LogP contribution in [0.25, 0.3) is 0 Å². The number of carboxylic acid groups (broad SMARTS) is 1. The number of carboxylic acids is 1. The predicted molar refractivity (Wildman–Crippen MR) is 163 cm³/mol. The summed E-state index contributed by atoms with van der Waals surface area (Å²) in [6.45, 7) is 12.9. The van der Waals surface area contributed by atoms with Gasteiger partial charge >= 0.3 is 5.97 Å². The summed E-state index contributed by atoms with van der Waals surface area (Å²) in [5.74, 6) is -3.30. The average Bonchev–Trinajstić information content (AvgIpc) is 3.21. The Hall–Kier alpha value is -3.06. The molecule has 13 heteroatoms. The first-order valence-corrected chi connectivity index (χ1v) is 18.7. The minimum absolute atomic E-state index is 0.167. The summed E-state index contributed by atoms with van der Waals surface area (Å²) < 4.78 is 0. The van der Waals surface area contributed by atoms with Gasteiger partial charge in [-0.25, -0.2) is 4.79 Å². The van der Waals surface area contributed by atoms with E-state index in [0.717, 1.165) is 6.04 Å². The molecular formula is C29H51N5O7Si. The fraction of sp³-hybridized carbons (Fsp3) is 0.724. The first-order valence-electron chi connectivity index (χ1n) is 15.0. The van der Waals surface area contributed by atoms with Crippen molar-refractivity contribution >= 4 is 43.6 Å². The van der Waals surface area contributed by atoms with Crippen LogP contribution in [0.3, 0.4) is 0 Å². The van der Waals surface area contributed by atoms with E-state index in [1.54, 1.807) is 4.90 Å². The van der Waals surface area contributed by atoms with Crippen LogP contribution in [-0.4, -0.2) is 96.2 Å². The number of hydrogen-bond donors (Lipinski definition) is 4. The fourth-order valence-corrected chi connectivity index (χ4v) is 5.52. The number of aliphatic carboxylic acids is 1. The van der Waals surface area contributed by atoms with E-state index in [1.165, 1.54) is 24.0 Å². The van der Waals surface area contributed by atoms with Gasteiger partial charge < -0.3 is 26.4 Å². The second-order valence-electron chi connectivity index (χ2n) is 12.5. The topological polar surface area (TPSA) is 179 Å². The molecule has 5 amide bonds. The highest BCUT2D eigenvalue weighted by atomic mass is 28.3. The van der Waals surface area contributed by atoms with Crippen LogP contribution in [-0.2, 0) is 28.8 Å². The lowest BCUT2D eigenvalue weighted by atomic mass is 10.00. The molecule has 1 heterocycles. The number of carbonyl (C=O) groups excluding carboxylic acids is 5. The molecule has 0 radical (unpaired) electrons. The quantitative estimate of drug-likeness (QED) is 0.0917. The third-order valence-electron chi connectivity index (χ3n) is 7.15. The van der Waals surface area contributed by atoms with E-state index in [-0.39, 0.29) is 36.5 Å². The summed E-state index contributed by atoms with van der Waals surface area (Å²) in [6, 6.07) is -2.11. The summed E-state index contributed by atoms with van der Waals surface area (Å²) in [5, 5.41) is 14.7. The van der Waals surface area contributed by atoms with Gasteiger partial charge in [-0.05, 0) is 57.5 Å². The van der Waals surface area contributed by atoms with Gasteiger partial charge in [0.1, 0.15) is 18.1 Å². The van der Waals surface area contributed by atoms with E-state index in [4.69, 9.17) is 5.73 Å². The smallest absolute Gasteiger partial charge is 0.326 e. The number of imide groups is 1. The SMILES string of the molecule is CC(C)[C@@H](C(=O)N[C@@H](C)C(=O)N[C@@H](CCCCN)C(=O)O)N(CC[Si](C)(C)C)C(=O)CCCCCN1C(=O)C=CC1=O. The third kappa shape index (κ3) is 12.8. The fourth-order valence-electron chi connectivity index (χ4n) is 4.61. The molecule has 1 aliphatic rings. The van der Waals surface area contributed by atoms with Crippen molar-refractivity contribution in [1.82, 2.24) is 20.4 Å². The van der Waals surface area contributed by atoms with E-state index < -0.39 is 44.0 Å². The summed E-state index contributed by atoms with van der Waals surface area (Å²) in [6.07, 6.45) is 5.87. The lowest BCUT2D eigenvalue weighted by Gasteiger charge is -2.35. The van der Waals surface area contributed by atoms with Crippen LogP contribution in [0.15, 0.2) is 12.2 Å². The Morgan fingerprint density at radius 1 is 0.929 bits per heavy atom. The lowest BCUT2D eigenvalue weighted by molar-refractivity contribution is -0.144. The molecule has 0 saturated heterocycles. The van der Waals surface area contributed by atoms with Gasteiger partial charge in [0.15, 0.2) is 0 Å². The lowest BCUT2D eigenvalue weighted by Crippen LogP contribution is -2.57. The van der Waals surface area contributed by atoms with Crippen LogP contribution in [0.2, 0.25) is 25.7 Å². The summed E-state index contributed by atoms with van der Waals surface area (Å²) in [5.41, 5.74) is 5.48. The van der Waals surface area contributed by atoms with E-state index in [0.29, 0.717) is 51.7 Å². The van der Waals surface area contributed by atoms with Crippen molar-refractivity contribution in [2.75, 3.05) is 19.6 Å². The minimum Gasteiger partial charge on any atom is -0.480 e. The van der Waals surface area contributed by atoms with Crippen molar-refractivity contribution in [2.24, 2.45) is 11.7 Å². The molecule has 238 valence electrons. The van der Waals surface area contributed by atoms with Crippen molar-refractivity contribution < 1.29 is 33.9 Å². The van der Waals surface area contributed by atoms with Gasteiger partial charge in [0.25, 0.3) is 11.8 Å². The molecule has 0 saturated carbocycles. The van der Waals surface area contributed by atoms with Gasteiger partial charge in [-0.3, -0.25) is 28.9 Å². The van der Waals surface area contributed by atoms with Gasteiger partial charge in [-0.1, -0.05) is 39.9 Å². The third-order valence-corrected chi connectivity index (χ3v) is 8.87. The summed E-state index contributed by atoms with van der Waals surface area (Å²) >= 11 is 0. The highest BCUT2D eigenvalue weighted by molar-refractivity contribution is 6.76. The first-order chi connectivity index (χ1) is 19.6. The van der Waals surface area contributed by atoms with E-state index in [2.05, 4.69) is 30.3 Å². The maximum absolute atomic E-state index is 13.5. The van der Waals surface area contributed by atoms with Crippen LogP contribution in [0.4, 0.5) is 0 Å². The van der Waals surface area contributed by atoms with Crippen LogP contribution in [0, 0.1) is 5.92 Å². The zero-order valence-corrected chi connectivity index (χ0v) is 27.1. The zero-order valence-electron chi connectivity index (χ0n) is 26.1. The molecule has 1 aliphatic heterocycles. The second-order valence-corrected chi connectivity index (χ2v) is 18.1. The Bertz CT molecular complexity index is 977. The predicted octanol–water partition coefficient (Wildman–Crippen LogP) is 1.87. The normalized spacial score (nSPS) is 15.5. The van der Waals surface area contributed by atoms with Crippen molar-refractivity contribution in [3.05, 3.63) is 12.2 Å². The van der Waals surface area contributed by atoms with Crippen LogP contribution in [0.1, 0.15) is 65.7 Å². The van der Waals surface area contributed by atoms with Gasteiger partial charge in [-0.2, -0.15) is 0 Å². The number of rotatable bonds is 20. The van der Waals surface area contributed by atoms with Gasteiger partial charge in [0, 0.05) is 39.7 Å². The monoisotopic (exact) mass is 609 g/mol. The Morgan fingerprint density at radius 3 is 2.07 bits per heavy atom. The van der Waals surface area contributed by atoms with Crippen molar-refractivity contribution in [3.63, 3.8) is 0 Å². The number of nitrogens with zero attached hydrogens (tertiary/aromatic N) is 2. The molecule has 0 aliphatic carbocycles. The Kier molecular flexibility index (Phi) is 15.7. The molecule has 42 heavy (non-hydrogen) atoms. The maximum Gasteiger partial charge on any atom is 0.326 e. The highest BCUT2D eigenvalue weighted by Crippen LogP contribution is 2.19. The molecule has 0 bridgehead atoms. The van der Waals surface area contributed by atoms with Crippen molar-refractivity contribution in [3.8, 4) is 0 Å². The van der Waals surface area contributed by atoms with E-state index in [9.17, 15) is 33.9 Å². The Labute approximate surface area is 250 Å². The van der Waals surface area contributed by atoms with Gasteiger partial charge in [0.05, 0.1) is 0 Å². The number of amides is 5. The van der Waals surface area contributed by atoms with Crippen LogP contribution >= 0.6 is 0 Å². The van der Waals surface area contributed by atoms with Crippen LogP contribution in [0.5, 0.6) is 0 Å². The van der Waals surface area contributed by atoms with Crippen molar-refractivity contribution in [2.45, 2.75) is 110 Å². The van der Waals surface area contributed by atoms with E-state index in [1.807, 2.05) is 13.8 Å². The number of unbranched alkanes of at least 4 members (excludes halogenated alkanes) is 3. The molecule has 0 aromatic carbocycles. The maximum atomic E-state index is 13.5.